The van der Waals surface area contributed by atoms with Gasteiger partial charge in [0.1, 0.15) is 40.8 Å². The number of methoxy groups -OCH3 is 1. The van der Waals surface area contributed by atoms with Crippen molar-refractivity contribution in [3.05, 3.63) is 66.7 Å². The normalized spacial score (nSPS) is 26.1. The molecular weight excluding hydrogens is 751 g/mol. The molecular formula is C42H51N5O9S. The van der Waals surface area contributed by atoms with Crippen LogP contribution in [0, 0.1) is 5.92 Å². The number of benzene rings is 2. The number of hydrogen-bond donors (Lipinski definition) is 3. The first-order chi connectivity index (χ1) is 27.2. The molecule has 5 atom stereocenters. The summed E-state index contributed by atoms with van der Waals surface area (Å²) in [6.45, 7) is 5.19. The average Bonchev–Trinajstić information content (AvgIpc) is 4.09. The maximum atomic E-state index is 14.6. The number of allylic oxidation sites excluding steroid dienone is 1. The van der Waals surface area contributed by atoms with Gasteiger partial charge in [0.05, 0.1) is 30.1 Å². The molecule has 15 heteroatoms. The summed E-state index contributed by atoms with van der Waals surface area (Å²) in [6.07, 6.45) is 6.73. The summed E-state index contributed by atoms with van der Waals surface area (Å²) in [5, 5.41) is 5.73. The van der Waals surface area contributed by atoms with Crippen LogP contribution >= 0.6 is 0 Å². The van der Waals surface area contributed by atoms with E-state index in [1.807, 2.05) is 60.7 Å². The first-order valence-electron chi connectivity index (χ1n) is 19.7. The molecule has 2 aromatic carbocycles. The van der Waals surface area contributed by atoms with Crippen molar-refractivity contribution >= 4 is 44.7 Å². The predicted octanol–water partition coefficient (Wildman–Crippen LogP) is 5.16. The Kier molecular flexibility index (Phi) is 11.2. The van der Waals surface area contributed by atoms with Gasteiger partial charge in [-0.1, -0.05) is 55.3 Å². The Balaban J connectivity index is 1.23. The van der Waals surface area contributed by atoms with Crippen molar-refractivity contribution in [1.29, 1.82) is 0 Å². The number of fused-ring (bicyclic) bond motifs is 3. The molecule has 1 saturated heterocycles. The summed E-state index contributed by atoms with van der Waals surface area (Å²) >= 11 is 0. The minimum Gasteiger partial charge on any atom is -0.497 e. The van der Waals surface area contributed by atoms with Crippen LogP contribution < -0.4 is 24.8 Å². The first kappa shape index (κ1) is 40.0. The third-order valence-corrected chi connectivity index (χ3v) is 12.7. The highest BCUT2D eigenvalue weighted by Gasteiger charge is 2.62. The van der Waals surface area contributed by atoms with Gasteiger partial charge in [-0.2, -0.15) is 0 Å². The molecule has 3 heterocycles. The van der Waals surface area contributed by atoms with Crippen molar-refractivity contribution in [2.75, 3.05) is 13.7 Å². The van der Waals surface area contributed by atoms with Crippen LogP contribution in [0.1, 0.15) is 78.6 Å². The molecule has 0 radical (unpaired) electrons. The Morgan fingerprint density at radius 2 is 1.77 bits per heavy atom. The predicted molar refractivity (Wildman–Crippen MR) is 213 cm³/mol. The third kappa shape index (κ3) is 9.19. The topological polar surface area (TPSA) is 182 Å². The van der Waals surface area contributed by atoms with Crippen molar-refractivity contribution in [2.45, 2.75) is 113 Å². The lowest BCUT2D eigenvalue weighted by Crippen LogP contribution is -2.58. The van der Waals surface area contributed by atoms with E-state index in [1.54, 1.807) is 33.9 Å². The molecule has 0 bridgehead atoms. The van der Waals surface area contributed by atoms with Gasteiger partial charge in [-0.05, 0) is 71.4 Å². The number of carbonyl (C=O) groups is 4. The van der Waals surface area contributed by atoms with Crippen LogP contribution in [-0.4, -0.2) is 90.3 Å². The highest BCUT2D eigenvalue weighted by Crippen LogP contribution is 2.46. The molecule has 304 valence electrons. The van der Waals surface area contributed by atoms with Gasteiger partial charge in [-0.25, -0.2) is 18.2 Å². The van der Waals surface area contributed by atoms with E-state index in [0.717, 1.165) is 18.4 Å². The van der Waals surface area contributed by atoms with Crippen LogP contribution in [0.3, 0.4) is 0 Å². The molecule has 0 spiro atoms. The van der Waals surface area contributed by atoms with Gasteiger partial charge in [0, 0.05) is 35.4 Å². The number of alkyl carbamates (subject to hydrolysis) is 1. The number of nitrogens with one attached hydrogen (secondary N) is 3. The van der Waals surface area contributed by atoms with Crippen LogP contribution in [0.25, 0.3) is 22.2 Å². The summed E-state index contributed by atoms with van der Waals surface area (Å²) in [7, 11) is -2.33. The molecule has 14 nitrogen and oxygen atoms in total. The Morgan fingerprint density at radius 3 is 2.49 bits per heavy atom. The number of aromatic nitrogens is 1. The molecule has 2 aliphatic carbocycles. The zero-order valence-electron chi connectivity index (χ0n) is 32.8. The molecule has 4 amide bonds. The monoisotopic (exact) mass is 801 g/mol. The van der Waals surface area contributed by atoms with E-state index in [0.29, 0.717) is 60.2 Å². The third-order valence-electron chi connectivity index (χ3n) is 10.9. The van der Waals surface area contributed by atoms with Gasteiger partial charge in [0.25, 0.3) is 5.91 Å². The number of ether oxygens (including phenoxy) is 3. The fraction of sp³-hybridized carbons (Fsp3) is 0.500. The van der Waals surface area contributed by atoms with E-state index in [2.05, 4.69) is 15.4 Å². The highest BCUT2D eigenvalue weighted by atomic mass is 32.2. The first-order valence-corrected chi connectivity index (χ1v) is 21.3. The summed E-state index contributed by atoms with van der Waals surface area (Å²) in [6, 6.07) is 14.8. The van der Waals surface area contributed by atoms with Crippen LogP contribution in [0.15, 0.2) is 66.7 Å². The lowest BCUT2D eigenvalue weighted by atomic mass is 10.0. The van der Waals surface area contributed by atoms with Crippen LogP contribution in [-0.2, 0) is 29.1 Å². The summed E-state index contributed by atoms with van der Waals surface area (Å²) < 4.78 is 45.8. The van der Waals surface area contributed by atoms with Crippen molar-refractivity contribution in [2.24, 2.45) is 5.92 Å². The number of carbonyl (C=O) groups excluding carboxylic acids is 4. The number of hydrogen-bond acceptors (Lipinski definition) is 10. The number of sulfonamides is 1. The SMILES string of the molecule is COc1ccc2c(O[C@@H]3C[C@H]4C(=O)N[C@]5(C(=O)NS(=O)(=O)C6CC6)C[C@H]5/C=C\CCCCC[C@@H](NC(=O)OC(C)(C)C)C(=O)N4C3)cc(-c3ccccc3)nc2c1. The minimum absolute atomic E-state index is 0.0113. The van der Waals surface area contributed by atoms with E-state index < -0.39 is 74.3 Å². The Morgan fingerprint density at radius 1 is 1.00 bits per heavy atom. The standard InChI is InChI=1S/C42H51N5O9S/c1-41(2,3)56-40(51)44-32-16-12-7-5-6-11-15-27-24-42(27,39(50)46-57(52,53)30-18-19-30)45-37(48)35-22-29(25-47(35)38(32)49)55-36-23-33(26-13-9-8-10-14-26)43-34-21-28(54-4)17-20-31(34)36/h8-11,13-15,17,20-21,23,27,29-30,32,35H,5-7,12,16,18-19,22,24-25H2,1-4H3,(H,44,51)(H,45,48)(H,46,50)/b15-11-/t27-,29-,32-,35+,42-/m1/s1. The summed E-state index contributed by atoms with van der Waals surface area (Å²) in [5.74, 6) is -1.24. The number of nitrogens with zero attached hydrogens (tertiary/aromatic N) is 2. The van der Waals surface area contributed by atoms with Crippen LogP contribution in [0.4, 0.5) is 4.79 Å². The molecule has 4 aliphatic rings. The molecule has 3 aromatic rings. The van der Waals surface area contributed by atoms with Gasteiger partial charge in [-0.15, -0.1) is 0 Å². The fourth-order valence-electron chi connectivity index (χ4n) is 7.63. The van der Waals surface area contributed by atoms with E-state index in [1.165, 1.54) is 4.90 Å². The van der Waals surface area contributed by atoms with Crippen molar-refractivity contribution in [3.63, 3.8) is 0 Å². The Hall–Kier alpha value is -5.18. The zero-order valence-corrected chi connectivity index (χ0v) is 33.6. The number of amides is 4. The van der Waals surface area contributed by atoms with E-state index in [9.17, 15) is 27.6 Å². The lowest BCUT2D eigenvalue weighted by molar-refractivity contribution is -0.141. The fourth-order valence-corrected chi connectivity index (χ4v) is 9.00. The molecule has 2 aliphatic heterocycles. The second-order valence-corrected chi connectivity index (χ2v) is 18.4. The highest BCUT2D eigenvalue weighted by molar-refractivity contribution is 7.91. The van der Waals surface area contributed by atoms with Crippen LogP contribution in [0.5, 0.6) is 11.5 Å². The Bertz CT molecular complexity index is 2170. The van der Waals surface area contributed by atoms with Gasteiger partial charge in [-0.3, -0.25) is 19.1 Å². The van der Waals surface area contributed by atoms with Gasteiger partial charge < -0.3 is 29.7 Å². The zero-order chi connectivity index (χ0) is 40.5. The Labute approximate surface area is 333 Å². The molecule has 0 unspecified atom stereocenters. The maximum Gasteiger partial charge on any atom is 0.408 e. The summed E-state index contributed by atoms with van der Waals surface area (Å²) in [5.41, 5.74) is -0.195. The maximum absolute atomic E-state index is 14.6. The van der Waals surface area contributed by atoms with E-state index >= 15 is 0 Å². The van der Waals surface area contributed by atoms with E-state index in [4.69, 9.17) is 19.2 Å². The largest absolute Gasteiger partial charge is 0.497 e. The van der Waals surface area contributed by atoms with Gasteiger partial charge in [0.2, 0.25) is 21.8 Å². The number of rotatable bonds is 8. The molecule has 57 heavy (non-hydrogen) atoms. The number of pyridine rings is 1. The molecule has 3 fully saturated rings. The minimum atomic E-state index is -3.90. The molecule has 2 saturated carbocycles. The van der Waals surface area contributed by atoms with Gasteiger partial charge in [0.15, 0.2) is 0 Å². The van der Waals surface area contributed by atoms with Crippen molar-refractivity contribution < 1.29 is 41.8 Å². The quantitative estimate of drug-likeness (QED) is 0.258. The van der Waals surface area contributed by atoms with Crippen LogP contribution in [0.2, 0.25) is 0 Å². The molecule has 7 rings (SSSR count). The lowest BCUT2D eigenvalue weighted by Gasteiger charge is -2.30. The molecule has 3 N–H and O–H groups in total. The van der Waals surface area contributed by atoms with Crippen molar-refractivity contribution in [3.8, 4) is 22.8 Å². The molecule has 1 aromatic heterocycles. The second kappa shape index (κ2) is 16.0. The summed E-state index contributed by atoms with van der Waals surface area (Å²) in [4.78, 5) is 62.3. The second-order valence-electron chi connectivity index (χ2n) is 16.4. The van der Waals surface area contributed by atoms with Gasteiger partial charge >= 0.3 is 6.09 Å². The van der Waals surface area contributed by atoms with Crippen molar-refractivity contribution in [1.82, 2.24) is 25.2 Å². The average molecular weight is 802 g/mol. The smallest absolute Gasteiger partial charge is 0.408 e. The van der Waals surface area contributed by atoms with E-state index in [-0.39, 0.29) is 19.4 Å².